The molecule has 1 nitrogen and oxygen atoms in total. The van der Waals surface area contributed by atoms with Crippen molar-refractivity contribution in [2.24, 2.45) is 0 Å². The van der Waals surface area contributed by atoms with Gasteiger partial charge in [-0.2, -0.15) is 0 Å². The fraction of sp³-hybridized carbons (Fsp3) is 0.130. The van der Waals surface area contributed by atoms with E-state index in [1.807, 2.05) is 0 Å². The highest BCUT2D eigenvalue weighted by Gasteiger charge is 2.43. The quantitative estimate of drug-likeness (QED) is 0.190. The third-order valence-corrected chi connectivity index (χ3v) is 11.4. The second-order valence-electron chi connectivity index (χ2n) is 14.6. The van der Waals surface area contributed by atoms with Crippen LogP contribution in [-0.2, 0) is 10.8 Å². The molecule has 0 spiro atoms. The van der Waals surface area contributed by atoms with Gasteiger partial charge in [0.25, 0.3) is 0 Å². The van der Waals surface area contributed by atoms with E-state index in [0.29, 0.717) is 0 Å². The Morgan fingerprint density at radius 1 is 0.404 bits per heavy atom. The summed E-state index contributed by atoms with van der Waals surface area (Å²) in [7, 11) is 0. The lowest BCUT2D eigenvalue weighted by Crippen LogP contribution is -2.33. The first-order valence-electron chi connectivity index (χ1n) is 16.8. The number of para-hydroxylation sites is 2. The molecular formula is C46H35N. The molecule has 0 bridgehead atoms. The third-order valence-electron chi connectivity index (χ3n) is 11.4. The number of aromatic nitrogens is 1. The van der Waals surface area contributed by atoms with Gasteiger partial charge in [0.1, 0.15) is 0 Å². The topological polar surface area (TPSA) is 4.93 Å². The van der Waals surface area contributed by atoms with Crippen LogP contribution in [0.3, 0.4) is 0 Å². The van der Waals surface area contributed by atoms with E-state index in [1.165, 1.54) is 93.9 Å². The zero-order valence-corrected chi connectivity index (χ0v) is 27.2. The molecule has 10 rings (SSSR count). The Hall–Kier alpha value is -5.40. The summed E-state index contributed by atoms with van der Waals surface area (Å²) in [4.78, 5) is 0. The van der Waals surface area contributed by atoms with Gasteiger partial charge in [0.05, 0.1) is 16.7 Å². The Balaban J connectivity index is 1.18. The van der Waals surface area contributed by atoms with Gasteiger partial charge in [0, 0.05) is 21.6 Å². The van der Waals surface area contributed by atoms with Gasteiger partial charge in [0.15, 0.2) is 0 Å². The smallest absolute Gasteiger partial charge is 0.0582 e. The van der Waals surface area contributed by atoms with Gasteiger partial charge in [-0.05, 0) is 78.5 Å². The Labute approximate surface area is 275 Å². The van der Waals surface area contributed by atoms with E-state index in [4.69, 9.17) is 0 Å². The molecule has 0 atom stereocenters. The van der Waals surface area contributed by atoms with Crippen molar-refractivity contribution in [3.63, 3.8) is 0 Å². The molecule has 7 aromatic carbocycles. The highest BCUT2D eigenvalue weighted by molar-refractivity contribution is 6.14. The molecular weight excluding hydrogens is 567 g/mol. The van der Waals surface area contributed by atoms with Crippen LogP contribution in [0, 0.1) is 0 Å². The number of hydrogen-bond acceptors (Lipinski definition) is 0. The molecule has 0 amide bonds. The molecule has 3 heterocycles. The van der Waals surface area contributed by atoms with Crippen molar-refractivity contribution in [2.75, 3.05) is 0 Å². The molecule has 0 aliphatic carbocycles. The molecule has 1 heteroatoms. The monoisotopic (exact) mass is 601 g/mol. The summed E-state index contributed by atoms with van der Waals surface area (Å²) in [5, 5.41) is 5.30. The fourth-order valence-corrected chi connectivity index (χ4v) is 8.91. The summed E-state index contributed by atoms with van der Waals surface area (Å²) >= 11 is 0. The van der Waals surface area contributed by atoms with Crippen molar-refractivity contribution in [2.45, 2.75) is 38.5 Å². The zero-order valence-electron chi connectivity index (χ0n) is 27.2. The van der Waals surface area contributed by atoms with Gasteiger partial charge in [-0.3, -0.25) is 0 Å². The number of benzene rings is 7. The Bertz CT molecular complexity index is 2490. The minimum atomic E-state index is -0.131. The predicted molar refractivity (Wildman–Crippen MR) is 199 cm³/mol. The summed E-state index contributed by atoms with van der Waals surface area (Å²) in [6.45, 7) is 9.66. The average Bonchev–Trinajstić information content (AvgIpc) is 3.45. The van der Waals surface area contributed by atoms with Gasteiger partial charge in [0.2, 0.25) is 0 Å². The van der Waals surface area contributed by atoms with Crippen molar-refractivity contribution in [1.82, 2.24) is 4.57 Å². The minimum absolute atomic E-state index is 0.131. The van der Waals surface area contributed by atoms with E-state index in [0.717, 1.165) is 0 Å². The number of rotatable bonds is 3. The summed E-state index contributed by atoms with van der Waals surface area (Å²) in [5.74, 6) is 0. The molecule has 47 heavy (non-hydrogen) atoms. The molecule has 0 unspecified atom stereocenters. The van der Waals surface area contributed by atoms with Crippen LogP contribution in [0.15, 0.2) is 140 Å². The molecule has 2 aliphatic heterocycles. The van der Waals surface area contributed by atoms with E-state index in [2.05, 4.69) is 172 Å². The molecule has 0 N–H and O–H groups in total. The van der Waals surface area contributed by atoms with Crippen LogP contribution >= 0.6 is 0 Å². The lowest BCUT2D eigenvalue weighted by Gasteiger charge is -2.42. The molecule has 2 aliphatic rings. The molecule has 224 valence electrons. The van der Waals surface area contributed by atoms with Crippen LogP contribution in [0.1, 0.15) is 49.9 Å². The second kappa shape index (κ2) is 9.11. The summed E-state index contributed by atoms with van der Waals surface area (Å²) < 4.78 is 2.61. The van der Waals surface area contributed by atoms with Gasteiger partial charge >= 0.3 is 0 Å². The lowest BCUT2D eigenvalue weighted by atomic mass is 9.68. The summed E-state index contributed by atoms with van der Waals surface area (Å²) in [6, 6.07) is 52.2. The van der Waals surface area contributed by atoms with Crippen molar-refractivity contribution < 1.29 is 0 Å². The van der Waals surface area contributed by atoms with Gasteiger partial charge < -0.3 is 4.57 Å². The van der Waals surface area contributed by atoms with Crippen molar-refractivity contribution in [1.29, 1.82) is 0 Å². The van der Waals surface area contributed by atoms with E-state index in [-0.39, 0.29) is 10.8 Å². The van der Waals surface area contributed by atoms with Crippen molar-refractivity contribution in [3.05, 3.63) is 162 Å². The van der Waals surface area contributed by atoms with E-state index in [9.17, 15) is 0 Å². The maximum atomic E-state index is 2.61. The van der Waals surface area contributed by atoms with Crippen LogP contribution in [0.25, 0.3) is 71.6 Å². The standard InChI is InChI=1S/C46H35N/c1-45(2)37-20-10-18-35-36-19-11-21-38-43(36)47(42(35)37)44-39(45)26-32(27-40(44)46(38,3)4)28-22-24-30(25-23-28)34-17-9-15-31-14-8-16-33(41(31)34)29-12-6-5-7-13-29/h5-27H,1-4H3. The third kappa shape index (κ3) is 3.44. The zero-order chi connectivity index (χ0) is 31.7. The molecule has 0 radical (unpaired) electrons. The highest BCUT2D eigenvalue weighted by atomic mass is 15.0. The Morgan fingerprint density at radius 3 is 1.45 bits per heavy atom. The second-order valence-corrected chi connectivity index (χ2v) is 14.6. The number of hydrogen-bond donors (Lipinski definition) is 0. The first kappa shape index (κ1) is 26.8. The number of nitrogens with zero attached hydrogens (tertiary/aromatic N) is 1. The van der Waals surface area contributed by atoms with Crippen LogP contribution in [-0.4, -0.2) is 4.57 Å². The van der Waals surface area contributed by atoms with Gasteiger partial charge in [-0.25, -0.2) is 0 Å². The molecule has 0 fully saturated rings. The van der Waals surface area contributed by atoms with Crippen molar-refractivity contribution >= 4 is 32.6 Å². The van der Waals surface area contributed by atoms with E-state index < -0.39 is 0 Å². The van der Waals surface area contributed by atoms with Crippen LogP contribution in [0.5, 0.6) is 0 Å². The SMILES string of the molecule is CC1(C)c2cc(-c3ccc(-c4cccc5cccc(-c6ccccc6)c45)cc3)cc3c2-n2c4c1cccc4c1cccc(c12)C3(C)C. The molecule has 1 aromatic heterocycles. The van der Waals surface area contributed by atoms with Crippen molar-refractivity contribution in [3.8, 4) is 39.1 Å². The average molecular weight is 602 g/mol. The normalized spacial score (nSPS) is 15.1. The maximum absolute atomic E-state index is 2.61. The highest BCUT2D eigenvalue weighted by Crippen LogP contribution is 2.56. The van der Waals surface area contributed by atoms with Crippen LogP contribution < -0.4 is 0 Å². The first-order valence-corrected chi connectivity index (χ1v) is 16.8. The molecule has 0 saturated carbocycles. The fourth-order valence-electron chi connectivity index (χ4n) is 8.91. The van der Waals surface area contributed by atoms with Crippen LogP contribution in [0.2, 0.25) is 0 Å². The van der Waals surface area contributed by atoms with Gasteiger partial charge in [-0.1, -0.05) is 155 Å². The minimum Gasteiger partial charge on any atom is -0.308 e. The van der Waals surface area contributed by atoms with Gasteiger partial charge in [-0.15, -0.1) is 0 Å². The Morgan fingerprint density at radius 2 is 0.894 bits per heavy atom. The molecule has 8 aromatic rings. The lowest BCUT2D eigenvalue weighted by molar-refractivity contribution is 0.594. The van der Waals surface area contributed by atoms with E-state index >= 15 is 0 Å². The molecule has 0 saturated heterocycles. The maximum Gasteiger partial charge on any atom is 0.0582 e. The first-order chi connectivity index (χ1) is 22.8. The number of fused-ring (bicyclic) bond motifs is 2. The van der Waals surface area contributed by atoms with Crippen LogP contribution in [0.4, 0.5) is 0 Å². The largest absolute Gasteiger partial charge is 0.308 e. The summed E-state index contributed by atoms with van der Waals surface area (Å²) in [6.07, 6.45) is 0. The van der Waals surface area contributed by atoms with E-state index in [1.54, 1.807) is 0 Å². The Kier molecular flexibility index (Phi) is 5.19. The summed E-state index contributed by atoms with van der Waals surface area (Å²) in [5.41, 5.74) is 17.1. The predicted octanol–water partition coefficient (Wildman–Crippen LogP) is 12.2.